The van der Waals surface area contributed by atoms with Gasteiger partial charge in [-0.3, -0.25) is 9.69 Å². The molecule has 1 saturated carbocycles. The molecule has 5 heteroatoms. The Morgan fingerprint density at radius 1 is 1.03 bits per heavy atom. The quantitative estimate of drug-likeness (QED) is 0.760. The third-order valence-corrected chi connectivity index (χ3v) is 7.02. The van der Waals surface area contributed by atoms with Gasteiger partial charge in [-0.2, -0.15) is 0 Å². The van der Waals surface area contributed by atoms with Crippen LogP contribution in [0.5, 0.6) is 0 Å². The van der Waals surface area contributed by atoms with Crippen molar-refractivity contribution in [3.63, 3.8) is 0 Å². The summed E-state index contributed by atoms with van der Waals surface area (Å²) in [5.41, 5.74) is 2.30. The van der Waals surface area contributed by atoms with Crippen LogP contribution < -0.4 is 0 Å². The third-order valence-electron chi connectivity index (χ3n) is 7.02. The normalized spacial score (nSPS) is 26.3. The minimum absolute atomic E-state index is 0.212. The van der Waals surface area contributed by atoms with Crippen LogP contribution in [-0.4, -0.2) is 52.8 Å². The first-order chi connectivity index (χ1) is 13.8. The summed E-state index contributed by atoms with van der Waals surface area (Å²) in [6.07, 6.45) is 6.97. The summed E-state index contributed by atoms with van der Waals surface area (Å²) < 4.78 is 13.1. The number of hydrogen-bond donors (Lipinski definition) is 0. The van der Waals surface area contributed by atoms with E-state index in [1.54, 1.807) is 0 Å². The molecular formula is C24H34FN3O. The fraction of sp³-hybridized carbons (Fsp3) is 0.625. The molecule has 0 radical (unpaired) electrons. The molecule has 1 aliphatic carbocycles. The van der Waals surface area contributed by atoms with Crippen LogP contribution in [0.15, 0.2) is 36.2 Å². The van der Waals surface area contributed by atoms with E-state index < -0.39 is 0 Å². The number of carbonyl (C=O) groups is 1. The number of rotatable bonds is 3. The van der Waals surface area contributed by atoms with E-state index in [4.69, 9.17) is 0 Å². The van der Waals surface area contributed by atoms with Gasteiger partial charge in [-0.05, 0) is 54.7 Å². The van der Waals surface area contributed by atoms with E-state index in [1.165, 1.54) is 37.8 Å². The van der Waals surface area contributed by atoms with Gasteiger partial charge in [0.25, 0.3) is 0 Å². The number of halogens is 1. The van der Waals surface area contributed by atoms with Crippen molar-refractivity contribution in [2.45, 2.75) is 59.0 Å². The van der Waals surface area contributed by atoms with Crippen molar-refractivity contribution in [3.05, 3.63) is 47.5 Å². The summed E-state index contributed by atoms with van der Waals surface area (Å²) in [6, 6.07) is 7.17. The highest BCUT2D eigenvalue weighted by molar-refractivity contribution is 5.97. The van der Waals surface area contributed by atoms with Crippen molar-refractivity contribution in [1.82, 2.24) is 14.7 Å². The van der Waals surface area contributed by atoms with Crippen molar-refractivity contribution in [3.8, 4) is 0 Å². The average Bonchev–Trinajstić information content (AvgIpc) is 2.69. The molecule has 0 bridgehead atoms. The number of Topliss-reactive ketones (excluding diaryl/α,β-unsaturated/α-hetero) is 1. The Labute approximate surface area is 174 Å². The van der Waals surface area contributed by atoms with Crippen molar-refractivity contribution < 1.29 is 9.18 Å². The van der Waals surface area contributed by atoms with E-state index in [0.29, 0.717) is 24.5 Å². The first kappa shape index (κ1) is 20.4. The van der Waals surface area contributed by atoms with Gasteiger partial charge >= 0.3 is 0 Å². The second-order valence-corrected chi connectivity index (χ2v) is 10.1. The van der Waals surface area contributed by atoms with Gasteiger partial charge in [0.05, 0.1) is 18.9 Å². The lowest BCUT2D eigenvalue weighted by Crippen LogP contribution is -2.56. The Morgan fingerprint density at radius 2 is 1.72 bits per heavy atom. The molecule has 0 N–H and O–H groups in total. The van der Waals surface area contributed by atoms with Crippen LogP contribution in [0, 0.1) is 17.2 Å². The number of ketones is 1. The number of nitrogens with zero attached hydrogens (tertiary/aromatic N) is 3. The van der Waals surface area contributed by atoms with Crippen LogP contribution in [0.25, 0.3) is 0 Å². The summed E-state index contributed by atoms with van der Waals surface area (Å²) in [4.78, 5) is 19.8. The standard InChI is InChI=1S/C24H34FN3O/c1-24(2,3)19-6-10-21(11-7-19)28-16-23(29)22-15-26(12-13-27(22)17-28)14-18-4-8-20(25)9-5-18/h4-5,8-9,15,19,21H,6-7,10-14,16-17H2,1-3H3. The van der Waals surface area contributed by atoms with Crippen LogP contribution in [-0.2, 0) is 11.3 Å². The summed E-state index contributed by atoms with van der Waals surface area (Å²) in [5, 5.41) is 0. The lowest BCUT2D eigenvalue weighted by molar-refractivity contribution is -0.124. The molecule has 0 amide bonds. The van der Waals surface area contributed by atoms with Gasteiger partial charge in [-0.1, -0.05) is 32.9 Å². The SMILES string of the molecule is CC(C)(C)C1CCC(N2CC(=O)C3=CN(Cc4ccc(F)cc4)CCN3C2)CC1. The summed E-state index contributed by atoms with van der Waals surface area (Å²) in [5.74, 6) is 0.818. The van der Waals surface area contributed by atoms with Crippen molar-refractivity contribution in [2.75, 3.05) is 26.3 Å². The van der Waals surface area contributed by atoms with E-state index in [1.807, 2.05) is 18.3 Å². The molecule has 0 atom stereocenters. The molecule has 4 nitrogen and oxygen atoms in total. The van der Waals surface area contributed by atoms with Crippen LogP contribution in [0.3, 0.4) is 0 Å². The number of benzene rings is 1. The molecule has 2 aliphatic heterocycles. The van der Waals surface area contributed by atoms with Crippen molar-refractivity contribution in [1.29, 1.82) is 0 Å². The Bertz CT molecular complexity index is 759. The van der Waals surface area contributed by atoms with Crippen LogP contribution in [0.2, 0.25) is 0 Å². The second kappa shape index (κ2) is 8.10. The van der Waals surface area contributed by atoms with Gasteiger partial charge in [0.2, 0.25) is 0 Å². The Morgan fingerprint density at radius 3 is 2.38 bits per heavy atom. The Hall–Kier alpha value is -1.88. The van der Waals surface area contributed by atoms with Crippen molar-refractivity contribution in [2.24, 2.45) is 11.3 Å². The molecule has 1 aromatic rings. The van der Waals surface area contributed by atoms with Gasteiger partial charge in [0, 0.05) is 31.9 Å². The lowest BCUT2D eigenvalue weighted by atomic mass is 9.71. The maximum Gasteiger partial charge on any atom is 0.194 e. The predicted molar refractivity (Wildman–Crippen MR) is 113 cm³/mol. The first-order valence-corrected chi connectivity index (χ1v) is 11.0. The molecule has 158 valence electrons. The highest BCUT2D eigenvalue weighted by atomic mass is 19.1. The molecular weight excluding hydrogens is 365 g/mol. The molecule has 2 heterocycles. The fourth-order valence-corrected chi connectivity index (χ4v) is 5.12. The third kappa shape index (κ3) is 4.66. The Balaban J connectivity index is 1.36. The molecule has 29 heavy (non-hydrogen) atoms. The summed E-state index contributed by atoms with van der Waals surface area (Å²) in [7, 11) is 0. The number of carbonyl (C=O) groups excluding carboxylic acids is 1. The van der Waals surface area contributed by atoms with E-state index in [0.717, 1.165) is 36.9 Å². The molecule has 0 spiro atoms. The first-order valence-electron chi connectivity index (χ1n) is 11.0. The monoisotopic (exact) mass is 399 g/mol. The van der Waals surface area contributed by atoms with Gasteiger partial charge in [-0.15, -0.1) is 0 Å². The molecule has 1 saturated heterocycles. The van der Waals surface area contributed by atoms with Gasteiger partial charge in [-0.25, -0.2) is 4.39 Å². The van der Waals surface area contributed by atoms with Gasteiger partial charge < -0.3 is 9.80 Å². The maximum atomic E-state index is 13.1. The highest BCUT2D eigenvalue weighted by Crippen LogP contribution is 2.39. The van der Waals surface area contributed by atoms with E-state index in [9.17, 15) is 9.18 Å². The number of hydrogen-bond acceptors (Lipinski definition) is 4. The fourth-order valence-electron chi connectivity index (χ4n) is 5.12. The van der Waals surface area contributed by atoms with Crippen LogP contribution in [0.4, 0.5) is 4.39 Å². The summed E-state index contributed by atoms with van der Waals surface area (Å²) >= 11 is 0. The zero-order valence-electron chi connectivity index (χ0n) is 18.0. The Kier molecular flexibility index (Phi) is 5.69. The van der Waals surface area contributed by atoms with Crippen LogP contribution in [0.1, 0.15) is 52.0 Å². The molecule has 4 rings (SSSR count). The van der Waals surface area contributed by atoms with E-state index in [2.05, 4.69) is 35.5 Å². The highest BCUT2D eigenvalue weighted by Gasteiger charge is 2.37. The largest absolute Gasteiger partial charge is 0.369 e. The average molecular weight is 400 g/mol. The smallest absolute Gasteiger partial charge is 0.194 e. The topological polar surface area (TPSA) is 26.8 Å². The van der Waals surface area contributed by atoms with Gasteiger partial charge in [0.1, 0.15) is 5.82 Å². The van der Waals surface area contributed by atoms with E-state index in [-0.39, 0.29) is 11.6 Å². The van der Waals surface area contributed by atoms with Crippen LogP contribution >= 0.6 is 0 Å². The molecule has 2 fully saturated rings. The van der Waals surface area contributed by atoms with Crippen molar-refractivity contribution >= 4 is 5.78 Å². The molecule has 1 aromatic carbocycles. The molecule has 0 unspecified atom stereocenters. The second-order valence-electron chi connectivity index (χ2n) is 10.1. The predicted octanol–water partition coefficient (Wildman–Crippen LogP) is 4.23. The zero-order valence-corrected chi connectivity index (χ0v) is 18.0. The van der Waals surface area contributed by atoms with E-state index >= 15 is 0 Å². The zero-order chi connectivity index (χ0) is 20.6. The molecule has 3 aliphatic rings. The lowest BCUT2D eigenvalue weighted by Gasteiger charge is -2.47. The van der Waals surface area contributed by atoms with Gasteiger partial charge in [0.15, 0.2) is 5.78 Å². The minimum Gasteiger partial charge on any atom is -0.369 e. The number of fused-ring (bicyclic) bond motifs is 1. The molecule has 0 aromatic heterocycles. The summed E-state index contributed by atoms with van der Waals surface area (Å²) in [6.45, 7) is 10.9. The minimum atomic E-state index is -0.212. The maximum absolute atomic E-state index is 13.1.